The van der Waals surface area contributed by atoms with Crippen LogP contribution in [-0.4, -0.2) is 36.9 Å². The van der Waals surface area contributed by atoms with Crippen molar-refractivity contribution in [2.45, 2.75) is 37.6 Å². The van der Waals surface area contributed by atoms with E-state index >= 15 is 0 Å². The SMILES string of the molecule is COc1cc(CCNC(=O)NC2(CO)CCCC2)ccc1F. The molecule has 1 aliphatic carbocycles. The Bertz CT molecular complexity index is 516. The van der Waals surface area contributed by atoms with Crippen LogP contribution in [0.25, 0.3) is 0 Å². The van der Waals surface area contributed by atoms with Gasteiger partial charge in [-0.15, -0.1) is 0 Å². The molecule has 1 fully saturated rings. The van der Waals surface area contributed by atoms with Gasteiger partial charge in [-0.2, -0.15) is 0 Å². The fourth-order valence-electron chi connectivity index (χ4n) is 2.84. The van der Waals surface area contributed by atoms with Gasteiger partial charge in [0, 0.05) is 6.54 Å². The first-order chi connectivity index (χ1) is 10.6. The molecule has 0 unspecified atom stereocenters. The Morgan fingerprint density at radius 3 is 2.77 bits per heavy atom. The van der Waals surface area contributed by atoms with Crippen molar-refractivity contribution < 1.29 is 19.0 Å². The van der Waals surface area contributed by atoms with E-state index in [1.54, 1.807) is 12.1 Å². The van der Waals surface area contributed by atoms with Crippen molar-refractivity contribution in [2.24, 2.45) is 0 Å². The van der Waals surface area contributed by atoms with Crippen LogP contribution in [0, 0.1) is 5.82 Å². The van der Waals surface area contributed by atoms with Crippen LogP contribution in [0.15, 0.2) is 18.2 Å². The second-order valence-corrected chi connectivity index (χ2v) is 5.75. The molecule has 1 aromatic carbocycles. The van der Waals surface area contributed by atoms with E-state index in [1.807, 2.05) is 0 Å². The molecule has 3 N–H and O–H groups in total. The zero-order valence-electron chi connectivity index (χ0n) is 12.8. The lowest BCUT2D eigenvalue weighted by Gasteiger charge is -2.28. The molecule has 2 rings (SSSR count). The van der Waals surface area contributed by atoms with Crippen LogP contribution in [0.5, 0.6) is 5.75 Å². The molecule has 0 heterocycles. The number of aliphatic hydroxyl groups is 1. The molecule has 6 heteroatoms. The molecular weight excluding hydrogens is 287 g/mol. The Hall–Kier alpha value is -1.82. The van der Waals surface area contributed by atoms with Gasteiger partial charge in [-0.1, -0.05) is 18.9 Å². The molecule has 5 nitrogen and oxygen atoms in total. The molecule has 0 aliphatic heterocycles. The minimum atomic E-state index is -0.469. The van der Waals surface area contributed by atoms with Crippen molar-refractivity contribution in [3.63, 3.8) is 0 Å². The lowest BCUT2D eigenvalue weighted by molar-refractivity contribution is 0.163. The predicted octanol–water partition coefficient (Wildman–Crippen LogP) is 1.98. The number of ether oxygens (including phenoxy) is 1. The highest BCUT2D eigenvalue weighted by atomic mass is 19.1. The van der Waals surface area contributed by atoms with Gasteiger partial charge in [0.25, 0.3) is 0 Å². The topological polar surface area (TPSA) is 70.6 Å². The molecule has 122 valence electrons. The van der Waals surface area contributed by atoms with E-state index in [2.05, 4.69) is 10.6 Å². The number of urea groups is 1. The summed E-state index contributed by atoms with van der Waals surface area (Å²) in [6.07, 6.45) is 4.25. The second-order valence-electron chi connectivity index (χ2n) is 5.75. The molecule has 2 amide bonds. The average molecular weight is 310 g/mol. The largest absolute Gasteiger partial charge is 0.494 e. The molecular formula is C16H23FN2O3. The van der Waals surface area contributed by atoms with Gasteiger partial charge in [0.2, 0.25) is 0 Å². The zero-order valence-corrected chi connectivity index (χ0v) is 12.8. The third kappa shape index (κ3) is 4.10. The van der Waals surface area contributed by atoms with E-state index in [0.717, 1.165) is 31.2 Å². The van der Waals surface area contributed by atoms with Crippen molar-refractivity contribution in [1.82, 2.24) is 10.6 Å². The summed E-state index contributed by atoms with van der Waals surface area (Å²) in [5.41, 5.74) is 0.416. The summed E-state index contributed by atoms with van der Waals surface area (Å²) >= 11 is 0. The van der Waals surface area contributed by atoms with Crippen LogP contribution >= 0.6 is 0 Å². The number of carbonyl (C=O) groups excluding carboxylic acids is 1. The van der Waals surface area contributed by atoms with Gasteiger partial charge in [0.15, 0.2) is 11.6 Å². The van der Waals surface area contributed by atoms with Gasteiger partial charge in [-0.3, -0.25) is 0 Å². The van der Waals surface area contributed by atoms with Gasteiger partial charge in [0.05, 0.1) is 19.3 Å². The highest BCUT2D eigenvalue weighted by Crippen LogP contribution is 2.28. The smallest absolute Gasteiger partial charge is 0.315 e. The molecule has 0 spiro atoms. The van der Waals surface area contributed by atoms with Gasteiger partial charge >= 0.3 is 6.03 Å². The van der Waals surface area contributed by atoms with Crippen molar-refractivity contribution in [1.29, 1.82) is 0 Å². The standard InChI is InChI=1S/C16H23FN2O3/c1-22-14-10-12(4-5-13(14)17)6-9-18-15(21)19-16(11-20)7-2-3-8-16/h4-5,10,20H,2-3,6-9,11H2,1H3,(H2,18,19,21). The Morgan fingerprint density at radius 1 is 1.41 bits per heavy atom. The predicted molar refractivity (Wildman–Crippen MR) is 81.5 cm³/mol. The van der Waals surface area contributed by atoms with Crippen LogP contribution in [0.3, 0.4) is 0 Å². The van der Waals surface area contributed by atoms with Crippen molar-refractivity contribution in [3.8, 4) is 5.75 Å². The first-order valence-electron chi connectivity index (χ1n) is 7.58. The molecule has 0 bridgehead atoms. The summed E-state index contributed by atoms with van der Waals surface area (Å²) in [6, 6.07) is 4.38. The number of rotatable bonds is 6. The number of hydrogen-bond acceptors (Lipinski definition) is 3. The number of benzene rings is 1. The first kappa shape index (κ1) is 16.5. The van der Waals surface area contributed by atoms with Crippen LogP contribution in [0.4, 0.5) is 9.18 Å². The Morgan fingerprint density at radius 2 is 2.14 bits per heavy atom. The van der Waals surface area contributed by atoms with Crippen LogP contribution in [0.1, 0.15) is 31.2 Å². The normalized spacial score (nSPS) is 16.3. The maximum atomic E-state index is 13.3. The summed E-state index contributed by atoms with van der Waals surface area (Å²) in [5.74, 6) is -0.199. The minimum absolute atomic E-state index is 0.0322. The number of hydrogen-bond donors (Lipinski definition) is 3. The van der Waals surface area contributed by atoms with Gasteiger partial charge in [-0.05, 0) is 37.0 Å². The monoisotopic (exact) mass is 310 g/mol. The average Bonchev–Trinajstić information content (AvgIpc) is 2.98. The summed E-state index contributed by atoms with van der Waals surface area (Å²) in [4.78, 5) is 11.9. The summed E-state index contributed by atoms with van der Waals surface area (Å²) in [7, 11) is 1.42. The minimum Gasteiger partial charge on any atom is -0.494 e. The van der Waals surface area contributed by atoms with E-state index in [4.69, 9.17) is 4.74 Å². The highest BCUT2D eigenvalue weighted by Gasteiger charge is 2.34. The van der Waals surface area contributed by atoms with Gasteiger partial charge < -0.3 is 20.5 Å². The maximum absolute atomic E-state index is 13.3. The zero-order chi connectivity index (χ0) is 16.0. The number of carbonyl (C=O) groups is 1. The van der Waals surface area contributed by atoms with E-state index < -0.39 is 11.4 Å². The maximum Gasteiger partial charge on any atom is 0.315 e. The second kappa shape index (κ2) is 7.45. The van der Waals surface area contributed by atoms with E-state index in [-0.39, 0.29) is 18.4 Å². The van der Waals surface area contributed by atoms with Crippen molar-refractivity contribution in [3.05, 3.63) is 29.6 Å². The molecule has 0 saturated heterocycles. The summed E-state index contributed by atoms with van der Waals surface area (Å²) in [6.45, 7) is 0.401. The van der Waals surface area contributed by atoms with Crippen molar-refractivity contribution in [2.75, 3.05) is 20.3 Å². The van der Waals surface area contributed by atoms with Crippen LogP contribution in [0.2, 0.25) is 0 Å². The lowest BCUT2D eigenvalue weighted by Crippen LogP contribution is -2.53. The van der Waals surface area contributed by atoms with Crippen LogP contribution in [-0.2, 0) is 6.42 Å². The quantitative estimate of drug-likeness (QED) is 0.752. The van der Waals surface area contributed by atoms with Crippen LogP contribution < -0.4 is 15.4 Å². The fraction of sp³-hybridized carbons (Fsp3) is 0.562. The van der Waals surface area contributed by atoms with Gasteiger partial charge in [0.1, 0.15) is 0 Å². The Kier molecular flexibility index (Phi) is 5.60. The summed E-state index contributed by atoms with van der Waals surface area (Å²) in [5, 5.41) is 15.1. The Labute approximate surface area is 129 Å². The fourth-order valence-corrected chi connectivity index (χ4v) is 2.84. The van der Waals surface area contributed by atoms with Gasteiger partial charge in [-0.25, -0.2) is 9.18 Å². The third-order valence-corrected chi connectivity index (χ3v) is 4.16. The lowest BCUT2D eigenvalue weighted by atomic mass is 9.99. The molecule has 0 radical (unpaired) electrons. The van der Waals surface area contributed by atoms with Crippen molar-refractivity contribution >= 4 is 6.03 Å². The summed E-state index contributed by atoms with van der Waals surface area (Å²) < 4.78 is 18.2. The molecule has 22 heavy (non-hydrogen) atoms. The third-order valence-electron chi connectivity index (χ3n) is 4.16. The number of amides is 2. The van der Waals surface area contributed by atoms with E-state index in [9.17, 15) is 14.3 Å². The van der Waals surface area contributed by atoms with E-state index in [1.165, 1.54) is 13.2 Å². The molecule has 0 atom stereocenters. The highest BCUT2D eigenvalue weighted by molar-refractivity contribution is 5.74. The number of halogens is 1. The molecule has 1 saturated carbocycles. The Balaban J connectivity index is 1.79. The molecule has 0 aromatic heterocycles. The molecule has 1 aromatic rings. The van der Waals surface area contributed by atoms with E-state index in [0.29, 0.717) is 13.0 Å². The number of methoxy groups -OCH3 is 1. The number of nitrogens with one attached hydrogen (secondary N) is 2. The molecule has 1 aliphatic rings. The number of aliphatic hydroxyl groups excluding tert-OH is 1. The first-order valence-corrected chi connectivity index (χ1v) is 7.58.